The van der Waals surface area contributed by atoms with Gasteiger partial charge in [-0.1, -0.05) is 36.4 Å². The summed E-state index contributed by atoms with van der Waals surface area (Å²) in [5, 5.41) is 1.32. The van der Waals surface area contributed by atoms with Crippen molar-refractivity contribution in [1.29, 1.82) is 0 Å². The first-order valence-electron chi connectivity index (χ1n) is 6.66. The molecule has 3 rings (SSSR count). The fourth-order valence-electron chi connectivity index (χ4n) is 2.31. The van der Waals surface area contributed by atoms with Crippen LogP contribution in [0.1, 0.15) is 12.0 Å². The predicted molar refractivity (Wildman–Crippen MR) is 78.6 cm³/mol. The largest absolute Gasteiger partial charge is 0.494 e. The normalized spacial score (nSPS) is 10.7. The number of rotatable bonds is 5. The van der Waals surface area contributed by atoms with E-state index in [4.69, 9.17) is 4.74 Å². The Hall–Kier alpha value is -2.22. The summed E-state index contributed by atoms with van der Waals surface area (Å²) < 4.78 is 5.71. The lowest BCUT2D eigenvalue weighted by atomic mass is 10.1. The van der Waals surface area contributed by atoms with Crippen LogP contribution in [0.15, 0.2) is 60.8 Å². The lowest BCUT2D eigenvalue weighted by molar-refractivity contribution is 0.311. The van der Waals surface area contributed by atoms with Crippen molar-refractivity contribution < 1.29 is 4.74 Å². The molecule has 1 heterocycles. The van der Waals surface area contributed by atoms with Gasteiger partial charge in [0, 0.05) is 17.1 Å². The van der Waals surface area contributed by atoms with E-state index in [0.717, 1.165) is 25.2 Å². The Morgan fingerprint density at radius 3 is 2.58 bits per heavy atom. The molecule has 0 unspecified atom stereocenters. The van der Waals surface area contributed by atoms with Crippen LogP contribution in [0.2, 0.25) is 0 Å². The summed E-state index contributed by atoms with van der Waals surface area (Å²) in [4.78, 5) is 3.31. The van der Waals surface area contributed by atoms with Crippen LogP contribution >= 0.6 is 0 Å². The average molecular weight is 251 g/mol. The minimum Gasteiger partial charge on any atom is -0.494 e. The molecule has 3 aromatic rings. The standard InChI is InChI=1S/C17H17NO/c1-2-8-15(9-3-1)19-12-6-7-14-13-18-17-11-5-4-10-16(14)17/h1-5,8-11,13,18H,6-7,12H2. The summed E-state index contributed by atoms with van der Waals surface area (Å²) in [6.45, 7) is 0.753. The molecular formula is C17H17NO. The summed E-state index contributed by atoms with van der Waals surface area (Å²) in [7, 11) is 0. The molecule has 0 fully saturated rings. The van der Waals surface area contributed by atoms with Crippen molar-refractivity contribution in [1.82, 2.24) is 4.98 Å². The highest BCUT2D eigenvalue weighted by Crippen LogP contribution is 2.19. The number of aromatic amines is 1. The van der Waals surface area contributed by atoms with Gasteiger partial charge in [0.05, 0.1) is 6.61 Å². The van der Waals surface area contributed by atoms with E-state index in [2.05, 4.69) is 35.4 Å². The second kappa shape index (κ2) is 5.61. The summed E-state index contributed by atoms with van der Waals surface area (Å²) >= 11 is 0. The van der Waals surface area contributed by atoms with Crippen molar-refractivity contribution in [3.8, 4) is 5.75 Å². The van der Waals surface area contributed by atoms with Crippen LogP contribution in [0.25, 0.3) is 10.9 Å². The van der Waals surface area contributed by atoms with E-state index in [1.165, 1.54) is 16.5 Å². The van der Waals surface area contributed by atoms with Gasteiger partial charge in [-0.25, -0.2) is 0 Å². The highest BCUT2D eigenvalue weighted by Gasteiger charge is 2.02. The number of benzene rings is 2. The zero-order chi connectivity index (χ0) is 12.9. The maximum absolute atomic E-state index is 5.71. The Kier molecular flexibility index (Phi) is 3.50. The number of fused-ring (bicyclic) bond motifs is 1. The number of para-hydroxylation sites is 2. The molecule has 2 nitrogen and oxygen atoms in total. The zero-order valence-corrected chi connectivity index (χ0v) is 10.8. The Morgan fingerprint density at radius 2 is 1.68 bits per heavy atom. The summed E-state index contributed by atoms with van der Waals surface area (Å²) in [6, 6.07) is 18.4. The van der Waals surface area contributed by atoms with Crippen LogP contribution in [0, 0.1) is 0 Å². The molecule has 0 aliphatic carbocycles. The Balaban J connectivity index is 1.55. The minimum atomic E-state index is 0.753. The molecule has 2 aromatic carbocycles. The third-order valence-corrected chi connectivity index (χ3v) is 3.28. The molecule has 0 atom stereocenters. The van der Waals surface area contributed by atoms with Crippen molar-refractivity contribution in [2.24, 2.45) is 0 Å². The molecule has 0 aliphatic heterocycles. The highest BCUT2D eigenvalue weighted by molar-refractivity contribution is 5.82. The molecule has 0 amide bonds. The van der Waals surface area contributed by atoms with E-state index in [0.29, 0.717) is 0 Å². The number of ether oxygens (including phenoxy) is 1. The molecular weight excluding hydrogens is 234 g/mol. The third-order valence-electron chi connectivity index (χ3n) is 3.28. The number of hydrogen-bond acceptors (Lipinski definition) is 1. The average Bonchev–Trinajstić information content (AvgIpc) is 2.88. The van der Waals surface area contributed by atoms with Gasteiger partial charge in [0.25, 0.3) is 0 Å². The smallest absolute Gasteiger partial charge is 0.119 e. The fourth-order valence-corrected chi connectivity index (χ4v) is 2.31. The maximum atomic E-state index is 5.71. The van der Waals surface area contributed by atoms with E-state index < -0.39 is 0 Å². The van der Waals surface area contributed by atoms with Gasteiger partial charge in [-0.3, -0.25) is 0 Å². The van der Waals surface area contributed by atoms with Gasteiger partial charge >= 0.3 is 0 Å². The third kappa shape index (κ3) is 2.79. The fraction of sp³-hybridized carbons (Fsp3) is 0.176. The SMILES string of the molecule is c1ccc(OCCCc2c[nH]c3ccccc23)cc1. The Labute approximate surface area is 113 Å². The van der Waals surface area contributed by atoms with Gasteiger partial charge in [0.1, 0.15) is 5.75 Å². The zero-order valence-electron chi connectivity index (χ0n) is 10.8. The summed E-state index contributed by atoms with van der Waals surface area (Å²) in [5.41, 5.74) is 2.58. The first kappa shape index (κ1) is 11.8. The Bertz CT molecular complexity index is 642. The molecule has 0 spiro atoms. The van der Waals surface area contributed by atoms with Gasteiger partial charge in [0.15, 0.2) is 0 Å². The van der Waals surface area contributed by atoms with Gasteiger partial charge in [-0.2, -0.15) is 0 Å². The predicted octanol–water partition coefficient (Wildman–Crippen LogP) is 4.18. The van der Waals surface area contributed by atoms with Gasteiger partial charge < -0.3 is 9.72 Å². The summed E-state index contributed by atoms with van der Waals surface area (Å²) in [5.74, 6) is 0.946. The second-order valence-electron chi connectivity index (χ2n) is 4.62. The first-order valence-corrected chi connectivity index (χ1v) is 6.66. The molecule has 0 aliphatic rings. The van der Waals surface area contributed by atoms with E-state index in [1.54, 1.807) is 0 Å². The van der Waals surface area contributed by atoms with Crippen molar-refractivity contribution in [2.75, 3.05) is 6.61 Å². The molecule has 1 N–H and O–H groups in total. The number of H-pyrrole nitrogens is 1. The lowest BCUT2D eigenvalue weighted by Crippen LogP contribution is -1.98. The van der Waals surface area contributed by atoms with Crippen molar-refractivity contribution >= 4 is 10.9 Å². The number of aromatic nitrogens is 1. The minimum absolute atomic E-state index is 0.753. The van der Waals surface area contributed by atoms with Crippen LogP contribution in [0.5, 0.6) is 5.75 Å². The van der Waals surface area contributed by atoms with Crippen LogP contribution < -0.4 is 4.74 Å². The number of aryl methyl sites for hydroxylation is 1. The monoisotopic (exact) mass is 251 g/mol. The number of nitrogens with one attached hydrogen (secondary N) is 1. The van der Waals surface area contributed by atoms with Crippen molar-refractivity contribution in [3.05, 3.63) is 66.4 Å². The van der Waals surface area contributed by atoms with Gasteiger partial charge in [-0.05, 0) is 36.6 Å². The molecule has 0 radical (unpaired) electrons. The quantitative estimate of drug-likeness (QED) is 0.676. The molecule has 0 bridgehead atoms. The van der Waals surface area contributed by atoms with E-state index in [1.807, 2.05) is 30.3 Å². The Morgan fingerprint density at radius 1 is 0.895 bits per heavy atom. The number of hydrogen-bond donors (Lipinski definition) is 1. The van der Waals surface area contributed by atoms with Crippen LogP contribution in [-0.2, 0) is 6.42 Å². The van der Waals surface area contributed by atoms with Crippen molar-refractivity contribution in [2.45, 2.75) is 12.8 Å². The molecule has 0 saturated heterocycles. The molecule has 1 aromatic heterocycles. The maximum Gasteiger partial charge on any atom is 0.119 e. The van der Waals surface area contributed by atoms with Gasteiger partial charge in [0.2, 0.25) is 0 Å². The van der Waals surface area contributed by atoms with E-state index in [9.17, 15) is 0 Å². The molecule has 0 saturated carbocycles. The second-order valence-corrected chi connectivity index (χ2v) is 4.62. The summed E-state index contributed by atoms with van der Waals surface area (Å²) in [6.07, 6.45) is 4.17. The van der Waals surface area contributed by atoms with Gasteiger partial charge in [-0.15, -0.1) is 0 Å². The van der Waals surface area contributed by atoms with Crippen LogP contribution in [0.4, 0.5) is 0 Å². The molecule has 96 valence electrons. The van der Waals surface area contributed by atoms with E-state index in [-0.39, 0.29) is 0 Å². The van der Waals surface area contributed by atoms with Crippen LogP contribution in [0.3, 0.4) is 0 Å². The van der Waals surface area contributed by atoms with E-state index >= 15 is 0 Å². The topological polar surface area (TPSA) is 25.0 Å². The van der Waals surface area contributed by atoms with Crippen molar-refractivity contribution in [3.63, 3.8) is 0 Å². The highest BCUT2D eigenvalue weighted by atomic mass is 16.5. The first-order chi connectivity index (χ1) is 9.43. The lowest BCUT2D eigenvalue weighted by Gasteiger charge is -2.05. The van der Waals surface area contributed by atoms with Crippen LogP contribution in [-0.4, -0.2) is 11.6 Å². The molecule has 2 heteroatoms. The molecule has 19 heavy (non-hydrogen) atoms.